The van der Waals surface area contributed by atoms with Crippen LogP contribution in [0.3, 0.4) is 0 Å². The van der Waals surface area contributed by atoms with Crippen LogP contribution in [0.15, 0.2) is 17.7 Å². The molecule has 0 bridgehead atoms. The molecule has 0 aliphatic carbocycles. The van der Waals surface area contributed by atoms with E-state index in [9.17, 15) is 13.6 Å². The summed E-state index contributed by atoms with van der Waals surface area (Å²) in [6, 6.07) is 1.73. The number of piperidine rings is 1. The second-order valence-corrected chi connectivity index (χ2v) is 9.47. The van der Waals surface area contributed by atoms with Crippen molar-refractivity contribution in [2.24, 2.45) is 0 Å². The van der Waals surface area contributed by atoms with E-state index in [-0.39, 0.29) is 11.6 Å². The fourth-order valence-corrected chi connectivity index (χ4v) is 4.27. The Hall–Kier alpha value is -1.49. The second kappa shape index (κ2) is 8.71. The van der Waals surface area contributed by atoms with E-state index in [1.165, 1.54) is 0 Å². The second-order valence-electron chi connectivity index (χ2n) is 8.30. The highest BCUT2D eigenvalue weighted by Gasteiger charge is 2.32. The lowest BCUT2D eigenvalue weighted by molar-refractivity contribution is -0.00116. The van der Waals surface area contributed by atoms with Crippen molar-refractivity contribution in [3.63, 3.8) is 0 Å². The van der Waals surface area contributed by atoms with Crippen LogP contribution in [0.5, 0.6) is 0 Å². The smallest absolute Gasteiger partial charge is 0.410 e. The molecular weight excluding hydrogens is 495 g/mol. The molecule has 1 fully saturated rings. The molecule has 1 saturated heterocycles. The summed E-state index contributed by atoms with van der Waals surface area (Å²) in [6.45, 7) is 7.23. The summed E-state index contributed by atoms with van der Waals surface area (Å²) >= 11 is 2.22. The normalized spacial score (nSPS) is 19.6. The molecule has 29 heavy (non-hydrogen) atoms. The van der Waals surface area contributed by atoms with E-state index >= 15 is 0 Å². The lowest BCUT2D eigenvalue weighted by atomic mass is 10.0. The van der Waals surface area contributed by atoms with Gasteiger partial charge in [0, 0.05) is 25.7 Å². The number of rotatable bonds is 2. The Kier molecular flexibility index (Phi) is 6.67. The summed E-state index contributed by atoms with van der Waals surface area (Å²) < 4.78 is 37.8. The van der Waals surface area contributed by atoms with Gasteiger partial charge in [0.15, 0.2) is 0 Å². The topological polar surface area (TPSA) is 54.9 Å². The summed E-state index contributed by atoms with van der Waals surface area (Å²) in [6.07, 6.45) is -1.28. The first-order valence-corrected chi connectivity index (χ1v) is 10.7. The van der Waals surface area contributed by atoms with Gasteiger partial charge in [0.25, 0.3) is 6.08 Å². The molecule has 6 nitrogen and oxygen atoms in total. The maximum absolute atomic E-state index is 12.8. The SMILES string of the molecule is CN(C(=O)OC(C)(C)C)C1COCc2nc(N3CCC(=C(F)F)CC3)c(I)cc21. The van der Waals surface area contributed by atoms with E-state index in [1.54, 1.807) is 11.9 Å². The molecule has 1 unspecified atom stereocenters. The number of anilines is 1. The predicted octanol–water partition coefficient (Wildman–Crippen LogP) is 4.88. The van der Waals surface area contributed by atoms with Crippen LogP contribution in [-0.4, -0.2) is 48.3 Å². The van der Waals surface area contributed by atoms with Gasteiger partial charge in [0.2, 0.25) is 0 Å². The number of amides is 1. The minimum atomic E-state index is -1.56. The molecule has 160 valence electrons. The predicted molar refractivity (Wildman–Crippen MR) is 114 cm³/mol. The van der Waals surface area contributed by atoms with Gasteiger partial charge in [-0.2, -0.15) is 8.78 Å². The number of hydrogen-bond donors (Lipinski definition) is 0. The summed E-state index contributed by atoms with van der Waals surface area (Å²) in [5.41, 5.74) is 1.35. The van der Waals surface area contributed by atoms with Crippen LogP contribution in [0, 0.1) is 3.57 Å². The van der Waals surface area contributed by atoms with Gasteiger partial charge in [0.1, 0.15) is 11.4 Å². The average Bonchev–Trinajstić information content (AvgIpc) is 2.65. The van der Waals surface area contributed by atoms with Gasteiger partial charge in [0.05, 0.1) is 28.5 Å². The number of ether oxygens (including phenoxy) is 2. The van der Waals surface area contributed by atoms with Crippen molar-refractivity contribution in [1.29, 1.82) is 0 Å². The third-order valence-electron chi connectivity index (χ3n) is 5.03. The number of pyridine rings is 1. The van der Waals surface area contributed by atoms with Gasteiger partial charge in [-0.25, -0.2) is 9.78 Å². The zero-order valence-electron chi connectivity index (χ0n) is 17.1. The number of aromatic nitrogens is 1. The van der Waals surface area contributed by atoms with Crippen LogP contribution < -0.4 is 4.90 Å². The Bertz CT molecular complexity index is 812. The average molecular weight is 521 g/mol. The minimum Gasteiger partial charge on any atom is -0.444 e. The van der Waals surface area contributed by atoms with Gasteiger partial charge in [-0.15, -0.1) is 0 Å². The van der Waals surface area contributed by atoms with Crippen molar-refractivity contribution in [2.45, 2.75) is 51.9 Å². The first kappa shape index (κ1) is 22.2. The quantitative estimate of drug-likeness (QED) is 0.520. The molecule has 0 aromatic carbocycles. The Morgan fingerprint density at radius 3 is 2.59 bits per heavy atom. The Morgan fingerprint density at radius 2 is 2.00 bits per heavy atom. The number of nitrogens with zero attached hydrogens (tertiary/aromatic N) is 3. The molecule has 1 atom stereocenters. The Morgan fingerprint density at radius 1 is 1.34 bits per heavy atom. The van der Waals surface area contributed by atoms with E-state index in [2.05, 4.69) is 22.6 Å². The Labute approximate surface area is 183 Å². The first-order valence-electron chi connectivity index (χ1n) is 9.57. The summed E-state index contributed by atoms with van der Waals surface area (Å²) in [4.78, 5) is 20.9. The summed E-state index contributed by atoms with van der Waals surface area (Å²) in [5, 5.41) is 0. The van der Waals surface area contributed by atoms with Crippen LogP contribution >= 0.6 is 22.6 Å². The van der Waals surface area contributed by atoms with Crippen LogP contribution in [0.4, 0.5) is 19.4 Å². The molecule has 2 aliphatic rings. The Balaban J connectivity index is 1.82. The number of fused-ring (bicyclic) bond motifs is 1. The highest BCUT2D eigenvalue weighted by molar-refractivity contribution is 14.1. The minimum absolute atomic E-state index is 0.233. The van der Waals surface area contributed by atoms with Crippen LogP contribution in [-0.2, 0) is 16.1 Å². The fraction of sp³-hybridized carbons (Fsp3) is 0.600. The molecule has 0 spiro atoms. The molecule has 0 saturated carbocycles. The van der Waals surface area contributed by atoms with Gasteiger partial charge in [-0.05, 0) is 67.8 Å². The largest absolute Gasteiger partial charge is 0.444 e. The van der Waals surface area contributed by atoms with Crippen molar-refractivity contribution < 1.29 is 23.0 Å². The van der Waals surface area contributed by atoms with Crippen molar-refractivity contribution in [2.75, 3.05) is 31.6 Å². The molecule has 9 heteroatoms. The van der Waals surface area contributed by atoms with E-state index < -0.39 is 17.8 Å². The molecular formula is C20H26F2IN3O3. The van der Waals surface area contributed by atoms with Crippen molar-refractivity contribution in [3.8, 4) is 0 Å². The maximum atomic E-state index is 12.8. The zero-order chi connectivity index (χ0) is 21.3. The number of carbonyl (C=O) groups excluding carboxylic acids is 1. The van der Waals surface area contributed by atoms with Crippen molar-refractivity contribution in [1.82, 2.24) is 9.88 Å². The number of likely N-dealkylation sites (N-methyl/N-ethyl adjacent to an activating group) is 1. The standard InChI is InChI=1S/C20H26F2IN3O3/c1-20(2,3)29-19(27)25(4)16-11-28-10-15-13(16)9-14(23)18(24-15)26-7-5-12(6-8-26)17(21)22/h9,16H,5-8,10-11H2,1-4H3. The van der Waals surface area contributed by atoms with E-state index in [1.807, 2.05) is 31.7 Å². The van der Waals surface area contributed by atoms with E-state index in [0.717, 1.165) is 20.6 Å². The van der Waals surface area contributed by atoms with Gasteiger partial charge in [-0.1, -0.05) is 0 Å². The summed E-state index contributed by atoms with van der Waals surface area (Å²) in [7, 11) is 1.70. The molecule has 1 amide bonds. The van der Waals surface area contributed by atoms with Crippen LogP contribution in [0.1, 0.15) is 50.9 Å². The molecule has 0 N–H and O–H groups in total. The van der Waals surface area contributed by atoms with Gasteiger partial charge >= 0.3 is 6.09 Å². The molecule has 0 radical (unpaired) electrons. The first-order chi connectivity index (χ1) is 13.6. The number of carbonyl (C=O) groups is 1. The van der Waals surface area contributed by atoms with E-state index in [4.69, 9.17) is 14.5 Å². The van der Waals surface area contributed by atoms with Gasteiger partial charge < -0.3 is 19.3 Å². The monoisotopic (exact) mass is 521 g/mol. The van der Waals surface area contributed by atoms with Crippen LogP contribution in [0.2, 0.25) is 0 Å². The molecule has 2 aliphatic heterocycles. The van der Waals surface area contributed by atoms with E-state index in [0.29, 0.717) is 39.1 Å². The molecule has 1 aromatic heterocycles. The zero-order valence-corrected chi connectivity index (χ0v) is 19.3. The lowest BCUT2D eigenvalue weighted by Gasteiger charge is -2.35. The lowest BCUT2D eigenvalue weighted by Crippen LogP contribution is -2.40. The highest BCUT2D eigenvalue weighted by Crippen LogP contribution is 2.35. The van der Waals surface area contributed by atoms with Crippen molar-refractivity contribution in [3.05, 3.63) is 32.5 Å². The molecule has 3 heterocycles. The van der Waals surface area contributed by atoms with Crippen LogP contribution in [0.25, 0.3) is 0 Å². The van der Waals surface area contributed by atoms with Crippen molar-refractivity contribution >= 4 is 34.5 Å². The molecule has 3 rings (SSSR count). The third kappa shape index (κ3) is 5.17. The fourth-order valence-electron chi connectivity index (χ4n) is 3.47. The van der Waals surface area contributed by atoms with Gasteiger partial charge in [-0.3, -0.25) is 0 Å². The molecule has 1 aromatic rings. The third-order valence-corrected chi connectivity index (χ3v) is 5.82. The number of halogens is 3. The highest BCUT2D eigenvalue weighted by atomic mass is 127. The number of hydrogen-bond acceptors (Lipinski definition) is 5. The summed E-state index contributed by atoms with van der Waals surface area (Å²) in [5.74, 6) is 0.784. The maximum Gasteiger partial charge on any atom is 0.410 e.